The minimum atomic E-state index is -1.03. The molecule has 0 aromatic heterocycles. The number of amides is 2. The van der Waals surface area contributed by atoms with Crippen molar-refractivity contribution in [3.8, 4) is 17.2 Å². The smallest absolute Gasteiger partial charge is 0.266 e. The lowest BCUT2D eigenvalue weighted by Gasteiger charge is -2.29. The van der Waals surface area contributed by atoms with Crippen molar-refractivity contribution in [1.29, 1.82) is 0 Å². The summed E-state index contributed by atoms with van der Waals surface area (Å²) in [6.45, 7) is 2.23. The standard InChI is InChI=1S/C26H23BrN2O6/c1-3-34-19-12-8-7-11-18(19)28-25(31)21-22(15-13-17(27)23(30)20(14-15)33-2)29(35-24(21)26(28)32)16-9-5-4-6-10-16/h4-14,21-22,24,30H,3H2,1-2H3/t21-,22-,24+/m0/s1. The SMILES string of the molecule is CCOc1ccccc1N1C(=O)[C@@H]2[C@@H](ON(c3ccccc3)[C@H]2c2cc(Br)c(O)c(OC)c2)C1=O. The van der Waals surface area contributed by atoms with E-state index in [2.05, 4.69) is 15.9 Å². The fourth-order valence-corrected chi connectivity index (χ4v) is 5.09. The van der Waals surface area contributed by atoms with E-state index in [1.165, 1.54) is 7.11 Å². The van der Waals surface area contributed by atoms with Gasteiger partial charge in [-0.2, -0.15) is 0 Å². The van der Waals surface area contributed by atoms with Crippen LogP contribution in [0.25, 0.3) is 0 Å². The molecule has 0 saturated carbocycles. The van der Waals surface area contributed by atoms with E-state index < -0.39 is 29.9 Å². The van der Waals surface area contributed by atoms with Crippen LogP contribution in [0.15, 0.2) is 71.2 Å². The number of phenols is 1. The van der Waals surface area contributed by atoms with Crippen LogP contribution in [0.2, 0.25) is 0 Å². The molecule has 1 N–H and O–H groups in total. The van der Waals surface area contributed by atoms with Crippen molar-refractivity contribution in [1.82, 2.24) is 0 Å². The zero-order valence-corrected chi connectivity index (χ0v) is 20.6. The number of phenolic OH excluding ortho intramolecular Hbond substituents is 1. The van der Waals surface area contributed by atoms with Gasteiger partial charge in [-0.1, -0.05) is 30.3 Å². The van der Waals surface area contributed by atoms with E-state index in [-0.39, 0.29) is 11.5 Å². The van der Waals surface area contributed by atoms with E-state index in [1.807, 2.05) is 37.3 Å². The Balaban J connectivity index is 1.62. The number of carbonyl (C=O) groups is 2. The van der Waals surface area contributed by atoms with Crippen molar-refractivity contribution in [2.75, 3.05) is 23.7 Å². The van der Waals surface area contributed by atoms with Gasteiger partial charge in [0.1, 0.15) is 11.7 Å². The molecule has 2 saturated heterocycles. The van der Waals surface area contributed by atoms with Crippen LogP contribution in [0.3, 0.4) is 0 Å². The van der Waals surface area contributed by atoms with Gasteiger partial charge in [0, 0.05) is 0 Å². The number of rotatable bonds is 6. The Morgan fingerprint density at radius 1 is 1.00 bits per heavy atom. The van der Waals surface area contributed by atoms with Crippen LogP contribution in [0, 0.1) is 5.92 Å². The van der Waals surface area contributed by atoms with Gasteiger partial charge in [-0.25, -0.2) is 9.96 Å². The Morgan fingerprint density at radius 3 is 2.43 bits per heavy atom. The van der Waals surface area contributed by atoms with Gasteiger partial charge in [-0.15, -0.1) is 0 Å². The monoisotopic (exact) mass is 538 g/mol. The van der Waals surface area contributed by atoms with Crippen LogP contribution >= 0.6 is 15.9 Å². The van der Waals surface area contributed by atoms with E-state index in [0.717, 1.165) is 4.90 Å². The normalized spacial score (nSPS) is 21.4. The lowest BCUT2D eigenvalue weighted by Crippen LogP contribution is -2.37. The second kappa shape index (κ2) is 9.24. The largest absolute Gasteiger partial charge is 0.503 e. The summed E-state index contributed by atoms with van der Waals surface area (Å²) in [7, 11) is 1.45. The Kier molecular flexibility index (Phi) is 6.12. The molecule has 0 spiro atoms. The van der Waals surface area contributed by atoms with Crippen LogP contribution in [0.4, 0.5) is 11.4 Å². The first kappa shape index (κ1) is 23.2. The lowest BCUT2D eigenvalue weighted by atomic mass is 9.90. The molecule has 35 heavy (non-hydrogen) atoms. The Hall–Kier alpha value is -3.56. The summed E-state index contributed by atoms with van der Waals surface area (Å²) in [5.74, 6) is -1.06. The Bertz CT molecular complexity index is 1280. The highest BCUT2D eigenvalue weighted by atomic mass is 79.9. The fraction of sp³-hybridized carbons (Fsp3) is 0.231. The molecule has 0 unspecified atom stereocenters. The van der Waals surface area contributed by atoms with E-state index in [9.17, 15) is 14.7 Å². The van der Waals surface area contributed by atoms with Gasteiger partial charge in [0.2, 0.25) is 5.91 Å². The first-order valence-electron chi connectivity index (χ1n) is 11.1. The highest BCUT2D eigenvalue weighted by Crippen LogP contribution is 2.50. The second-order valence-electron chi connectivity index (χ2n) is 8.12. The number of aromatic hydroxyl groups is 1. The predicted molar refractivity (Wildman–Crippen MR) is 132 cm³/mol. The molecule has 5 rings (SSSR count). The number of hydrogen-bond acceptors (Lipinski definition) is 7. The van der Waals surface area contributed by atoms with Gasteiger partial charge >= 0.3 is 0 Å². The molecule has 0 aliphatic carbocycles. The van der Waals surface area contributed by atoms with Crippen molar-refractivity contribution in [3.05, 3.63) is 76.8 Å². The van der Waals surface area contributed by atoms with Gasteiger partial charge in [-0.3, -0.25) is 14.4 Å². The van der Waals surface area contributed by atoms with Crippen LogP contribution < -0.4 is 19.4 Å². The molecule has 0 bridgehead atoms. The van der Waals surface area contributed by atoms with Gasteiger partial charge in [-0.05, 0) is 64.8 Å². The number of carbonyl (C=O) groups excluding carboxylic acids is 2. The van der Waals surface area contributed by atoms with Crippen molar-refractivity contribution < 1.29 is 29.0 Å². The molecule has 180 valence electrons. The maximum absolute atomic E-state index is 13.9. The number of fused-ring (bicyclic) bond motifs is 1. The molecule has 2 fully saturated rings. The number of para-hydroxylation sites is 3. The summed E-state index contributed by atoms with van der Waals surface area (Å²) in [4.78, 5) is 34.8. The minimum Gasteiger partial charge on any atom is -0.503 e. The average Bonchev–Trinajstić information content (AvgIpc) is 3.38. The molecule has 2 aliphatic heterocycles. The third kappa shape index (κ3) is 3.81. The topological polar surface area (TPSA) is 88.5 Å². The van der Waals surface area contributed by atoms with E-state index in [1.54, 1.807) is 41.5 Å². The number of benzene rings is 3. The van der Waals surface area contributed by atoms with Crippen LogP contribution in [0.5, 0.6) is 17.2 Å². The number of imide groups is 1. The Morgan fingerprint density at radius 2 is 1.71 bits per heavy atom. The van der Waals surface area contributed by atoms with Gasteiger partial charge in [0.05, 0.1) is 35.6 Å². The van der Waals surface area contributed by atoms with Crippen molar-refractivity contribution in [3.63, 3.8) is 0 Å². The number of ether oxygens (including phenoxy) is 2. The van der Waals surface area contributed by atoms with Crippen molar-refractivity contribution in [2.24, 2.45) is 5.92 Å². The molecule has 3 aromatic rings. The van der Waals surface area contributed by atoms with Crippen molar-refractivity contribution >= 4 is 39.1 Å². The summed E-state index contributed by atoms with van der Waals surface area (Å²) in [6, 6.07) is 18.9. The molecule has 3 aromatic carbocycles. The highest BCUT2D eigenvalue weighted by molar-refractivity contribution is 9.10. The number of halogens is 1. The zero-order chi connectivity index (χ0) is 24.7. The third-order valence-electron chi connectivity index (χ3n) is 6.14. The number of methoxy groups -OCH3 is 1. The molecule has 0 radical (unpaired) electrons. The van der Waals surface area contributed by atoms with E-state index in [4.69, 9.17) is 14.3 Å². The Labute approximate surface area is 210 Å². The van der Waals surface area contributed by atoms with Crippen LogP contribution in [-0.2, 0) is 14.4 Å². The maximum Gasteiger partial charge on any atom is 0.266 e. The minimum absolute atomic E-state index is 0.0564. The lowest BCUT2D eigenvalue weighted by molar-refractivity contribution is -0.126. The number of hydrogen-bond donors (Lipinski definition) is 1. The molecule has 2 amide bonds. The zero-order valence-electron chi connectivity index (χ0n) is 19.1. The molecule has 3 atom stereocenters. The highest BCUT2D eigenvalue weighted by Gasteiger charge is 2.60. The summed E-state index contributed by atoms with van der Waals surface area (Å²) in [5.41, 5.74) is 1.72. The van der Waals surface area contributed by atoms with E-state index >= 15 is 0 Å². The molecule has 2 heterocycles. The summed E-state index contributed by atoms with van der Waals surface area (Å²) < 4.78 is 11.4. The van der Waals surface area contributed by atoms with Gasteiger partial charge in [0.25, 0.3) is 5.91 Å². The molecule has 8 nitrogen and oxygen atoms in total. The molecular formula is C26H23BrN2O6. The van der Waals surface area contributed by atoms with Crippen LogP contribution in [0.1, 0.15) is 18.5 Å². The molecule has 2 aliphatic rings. The average molecular weight is 539 g/mol. The third-order valence-corrected chi connectivity index (χ3v) is 6.75. The number of hydroxylamine groups is 1. The second-order valence-corrected chi connectivity index (χ2v) is 8.98. The van der Waals surface area contributed by atoms with Crippen LogP contribution in [-0.4, -0.2) is 36.7 Å². The summed E-state index contributed by atoms with van der Waals surface area (Å²) >= 11 is 3.37. The van der Waals surface area contributed by atoms with Gasteiger partial charge in [0.15, 0.2) is 17.6 Å². The van der Waals surface area contributed by atoms with E-state index in [0.29, 0.717) is 33.8 Å². The first-order valence-corrected chi connectivity index (χ1v) is 11.9. The first-order chi connectivity index (χ1) is 17.0. The quantitative estimate of drug-likeness (QED) is 0.458. The summed E-state index contributed by atoms with van der Waals surface area (Å²) in [5, 5.41) is 11.9. The molecule has 9 heteroatoms. The maximum atomic E-state index is 13.9. The summed E-state index contributed by atoms with van der Waals surface area (Å²) in [6.07, 6.45) is -1.03. The number of nitrogens with zero attached hydrogens (tertiary/aromatic N) is 2. The van der Waals surface area contributed by atoms with Gasteiger partial charge < -0.3 is 14.6 Å². The predicted octanol–water partition coefficient (Wildman–Crippen LogP) is 4.61. The number of anilines is 2. The fourth-order valence-electron chi connectivity index (χ4n) is 4.63. The molecular weight excluding hydrogens is 516 g/mol. The van der Waals surface area contributed by atoms with Crippen molar-refractivity contribution in [2.45, 2.75) is 19.1 Å².